The fourth-order valence-corrected chi connectivity index (χ4v) is 3.33. The average Bonchev–Trinajstić information content (AvgIpc) is 3.07. The molecule has 21 heavy (non-hydrogen) atoms. The van der Waals surface area contributed by atoms with Gasteiger partial charge in [-0.15, -0.1) is 10.2 Å². The molecule has 2 aromatic rings. The van der Waals surface area contributed by atoms with Gasteiger partial charge < -0.3 is 4.90 Å². The molecule has 3 nitrogen and oxygen atoms in total. The van der Waals surface area contributed by atoms with Gasteiger partial charge in [-0.1, -0.05) is 41.7 Å². The third-order valence-corrected chi connectivity index (χ3v) is 4.61. The Hall–Kier alpha value is -1.63. The maximum Gasteiger partial charge on any atom is 0.445 e. The molecule has 0 N–H and O–H groups in total. The van der Waals surface area contributed by atoms with Gasteiger partial charge >= 0.3 is 6.18 Å². The molecule has 1 fully saturated rings. The highest BCUT2D eigenvalue weighted by atomic mass is 32.1. The minimum Gasteiger partial charge on any atom is -0.346 e. The van der Waals surface area contributed by atoms with Crippen molar-refractivity contribution >= 4 is 16.5 Å². The van der Waals surface area contributed by atoms with Crippen molar-refractivity contribution in [3.8, 4) is 0 Å². The van der Waals surface area contributed by atoms with E-state index in [1.54, 1.807) is 0 Å². The van der Waals surface area contributed by atoms with E-state index < -0.39 is 11.2 Å². The van der Waals surface area contributed by atoms with Gasteiger partial charge in [0.15, 0.2) is 0 Å². The van der Waals surface area contributed by atoms with Crippen molar-refractivity contribution < 1.29 is 13.2 Å². The number of alkyl halides is 3. The Morgan fingerprint density at radius 3 is 2.62 bits per heavy atom. The molecule has 1 unspecified atom stereocenters. The first-order valence-electron chi connectivity index (χ1n) is 6.72. The summed E-state index contributed by atoms with van der Waals surface area (Å²) in [5.41, 5.74) is 1.26. The van der Waals surface area contributed by atoms with Crippen molar-refractivity contribution in [2.75, 3.05) is 18.0 Å². The molecule has 0 saturated carbocycles. The van der Waals surface area contributed by atoms with E-state index in [-0.39, 0.29) is 0 Å². The van der Waals surface area contributed by atoms with Crippen LogP contribution in [0.2, 0.25) is 0 Å². The second kappa shape index (κ2) is 5.63. The fraction of sp³-hybridized carbons (Fsp3) is 0.429. The highest BCUT2D eigenvalue weighted by Gasteiger charge is 2.37. The first-order chi connectivity index (χ1) is 10.0. The Balaban J connectivity index is 1.63. The first-order valence-corrected chi connectivity index (χ1v) is 7.53. The van der Waals surface area contributed by atoms with Crippen molar-refractivity contribution in [2.45, 2.75) is 19.0 Å². The molecular formula is C14H14F3N3S. The van der Waals surface area contributed by atoms with Gasteiger partial charge in [-0.25, -0.2) is 0 Å². The Morgan fingerprint density at radius 1 is 1.19 bits per heavy atom. The summed E-state index contributed by atoms with van der Waals surface area (Å²) < 4.78 is 37.6. The van der Waals surface area contributed by atoms with E-state index in [1.165, 1.54) is 5.56 Å². The van der Waals surface area contributed by atoms with Crippen molar-refractivity contribution in [1.82, 2.24) is 10.2 Å². The van der Waals surface area contributed by atoms with Gasteiger partial charge in [-0.05, 0) is 24.3 Å². The van der Waals surface area contributed by atoms with E-state index >= 15 is 0 Å². The molecular weight excluding hydrogens is 299 g/mol. The van der Waals surface area contributed by atoms with Gasteiger partial charge in [0.05, 0.1) is 0 Å². The Bertz CT molecular complexity index is 597. The highest BCUT2D eigenvalue weighted by Crippen LogP contribution is 2.36. The van der Waals surface area contributed by atoms with Gasteiger partial charge in [0, 0.05) is 13.1 Å². The van der Waals surface area contributed by atoms with E-state index in [1.807, 2.05) is 23.1 Å². The standard InChI is InChI=1S/C14H14F3N3S/c15-14(16,17)12-18-19-13(21-12)20-7-6-11(9-20)8-10-4-2-1-3-5-10/h1-5,11H,6-9H2. The number of hydrogen-bond donors (Lipinski definition) is 0. The molecule has 0 bridgehead atoms. The van der Waals surface area contributed by atoms with Crippen molar-refractivity contribution in [3.63, 3.8) is 0 Å². The van der Waals surface area contributed by atoms with Crippen molar-refractivity contribution in [1.29, 1.82) is 0 Å². The molecule has 1 aromatic carbocycles. The summed E-state index contributed by atoms with van der Waals surface area (Å²) in [7, 11) is 0. The third-order valence-electron chi connectivity index (χ3n) is 3.58. The zero-order chi connectivity index (χ0) is 14.9. The average molecular weight is 313 g/mol. The highest BCUT2D eigenvalue weighted by molar-refractivity contribution is 7.15. The van der Waals surface area contributed by atoms with Crippen LogP contribution < -0.4 is 4.90 Å². The Kier molecular flexibility index (Phi) is 3.84. The molecule has 1 aliphatic heterocycles. The molecule has 7 heteroatoms. The van der Waals surface area contributed by atoms with Crippen LogP contribution >= 0.6 is 11.3 Å². The van der Waals surface area contributed by atoms with Gasteiger partial charge in [-0.3, -0.25) is 0 Å². The third kappa shape index (κ3) is 3.34. The lowest BCUT2D eigenvalue weighted by molar-refractivity contribution is -0.138. The van der Waals surface area contributed by atoms with Crippen LogP contribution in [0.25, 0.3) is 0 Å². The molecule has 112 valence electrons. The quantitative estimate of drug-likeness (QED) is 0.866. The summed E-state index contributed by atoms with van der Waals surface area (Å²) in [4.78, 5) is 1.90. The molecule has 1 atom stereocenters. The van der Waals surface area contributed by atoms with Crippen LogP contribution in [0.5, 0.6) is 0 Å². The molecule has 0 radical (unpaired) electrons. The van der Waals surface area contributed by atoms with Crippen LogP contribution in [-0.4, -0.2) is 23.3 Å². The Labute approximate surface area is 124 Å². The van der Waals surface area contributed by atoms with Crippen molar-refractivity contribution in [2.24, 2.45) is 5.92 Å². The predicted octanol–water partition coefficient (Wildman–Crippen LogP) is 3.63. The number of aromatic nitrogens is 2. The SMILES string of the molecule is FC(F)(F)c1nnc(N2CCC(Cc3ccccc3)C2)s1. The van der Waals surface area contributed by atoms with Crippen LogP contribution in [0.1, 0.15) is 17.0 Å². The maximum absolute atomic E-state index is 12.5. The smallest absolute Gasteiger partial charge is 0.346 e. The van der Waals surface area contributed by atoms with Crippen LogP contribution in [-0.2, 0) is 12.6 Å². The molecule has 0 spiro atoms. The summed E-state index contributed by atoms with van der Waals surface area (Å²) in [6.45, 7) is 1.48. The molecule has 1 saturated heterocycles. The van der Waals surface area contributed by atoms with Gasteiger partial charge in [0.2, 0.25) is 10.1 Å². The van der Waals surface area contributed by atoms with E-state index in [0.29, 0.717) is 22.4 Å². The summed E-state index contributed by atoms with van der Waals surface area (Å²) in [6.07, 6.45) is -2.49. The lowest BCUT2D eigenvalue weighted by Gasteiger charge is -2.14. The predicted molar refractivity (Wildman–Crippen MR) is 75.4 cm³/mol. The molecule has 1 aliphatic rings. The van der Waals surface area contributed by atoms with E-state index in [9.17, 15) is 13.2 Å². The molecule has 3 rings (SSSR count). The minimum atomic E-state index is -4.40. The van der Waals surface area contributed by atoms with Crippen LogP contribution in [0.4, 0.5) is 18.3 Å². The normalized spacial score (nSPS) is 19.2. The van der Waals surface area contributed by atoms with Crippen molar-refractivity contribution in [3.05, 3.63) is 40.9 Å². The van der Waals surface area contributed by atoms with E-state index in [4.69, 9.17) is 0 Å². The second-order valence-electron chi connectivity index (χ2n) is 5.18. The minimum absolute atomic E-state index is 0.373. The molecule has 0 amide bonds. The topological polar surface area (TPSA) is 29.0 Å². The van der Waals surface area contributed by atoms with Gasteiger partial charge in [-0.2, -0.15) is 13.2 Å². The number of hydrogen-bond acceptors (Lipinski definition) is 4. The van der Waals surface area contributed by atoms with Crippen LogP contribution in [0, 0.1) is 5.92 Å². The lowest BCUT2D eigenvalue weighted by Crippen LogP contribution is -2.20. The lowest BCUT2D eigenvalue weighted by atomic mass is 9.99. The van der Waals surface area contributed by atoms with E-state index in [2.05, 4.69) is 22.3 Å². The Morgan fingerprint density at radius 2 is 1.95 bits per heavy atom. The fourth-order valence-electron chi connectivity index (χ4n) is 2.58. The first kappa shape index (κ1) is 14.3. The maximum atomic E-state index is 12.5. The molecule has 1 aromatic heterocycles. The van der Waals surface area contributed by atoms with Crippen LogP contribution in [0.15, 0.2) is 30.3 Å². The summed E-state index contributed by atoms with van der Waals surface area (Å²) >= 11 is 0.624. The number of anilines is 1. The van der Waals surface area contributed by atoms with Gasteiger partial charge in [0.1, 0.15) is 0 Å². The second-order valence-corrected chi connectivity index (χ2v) is 6.13. The van der Waals surface area contributed by atoms with Gasteiger partial charge in [0.25, 0.3) is 0 Å². The zero-order valence-corrected chi connectivity index (χ0v) is 12.0. The van der Waals surface area contributed by atoms with E-state index in [0.717, 1.165) is 25.9 Å². The zero-order valence-electron chi connectivity index (χ0n) is 11.2. The number of benzene rings is 1. The number of rotatable bonds is 3. The number of halogens is 3. The molecule has 0 aliphatic carbocycles. The monoisotopic (exact) mass is 313 g/mol. The largest absolute Gasteiger partial charge is 0.445 e. The van der Waals surface area contributed by atoms with Crippen LogP contribution in [0.3, 0.4) is 0 Å². The molecule has 2 heterocycles. The number of nitrogens with zero attached hydrogens (tertiary/aromatic N) is 3. The summed E-state index contributed by atoms with van der Waals surface area (Å²) in [6, 6.07) is 10.1. The summed E-state index contributed by atoms with van der Waals surface area (Å²) in [5, 5.41) is 6.43. The summed E-state index contributed by atoms with van der Waals surface area (Å²) in [5.74, 6) is 0.450.